The Hall–Kier alpha value is -0.560. The van der Waals surface area contributed by atoms with Crippen molar-refractivity contribution < 1.29 is 0 Å². The molecule has 0 unspecified atom stereocenters. The van der Waals surface area contributed by atoms with Crippen LogP contribution in [0.4, 0.5) is 0 Å². The number of rotatable bonds is 2. The zero-order chi connectivity index (χ0) is 9.47. The lowest BCUT2D eigenvalue weighted by molar-refractivity contribution is 0.480. The van der Waals surface area contributed by atoms with E-state index in [1.807, 2.05) is 6.20 Å². The van der Waals surface area contributed by atoms with Crippen LogP contribution < -0.4 is 0 Å². The fourth-order valence-corrected chi connectivity index (χ4v) is 2.19. The predicted molar refractivity (Wildman–Crippen MR) is 55.0 cm³/mol. The van der Waals surface area contributed by atoms with E-state index in [9.17, 15) is 0 Å². The minimum atomic E-state index is 0.387. The second-order valence-corrected chi connectivity index (χ2v) is 4.64. The molecule has 0 N–H and O–H groups in total. The SMILES string of the molecule is CC(C)C1(c2cncc(Cl)c2)CC1. The maximum Gasteiger partial charge on any atom is 0.0592 e. The highest BCUT2D eigenvalue weighted by molar-refractivity contribution is 6.30. The molecule has 0 saturated heterocycles. The lowest BCUT2D eigenvalue weighted by Gasteiger charge is -2.19. The van der Waals surface area contributed by atoms with E-state index in [1.165, 1.54) is 18.4 Å². The zero-order valence-electron chi connectivity index (χ0n) is 8.05. The van der Waals surface area contributed by atoms with Crippen LogP contribution in [0.3, 0.4) is 0 Å². The van der Waals surface area contributed by atoms with Gasteiger partial charge in [0, 0.05) is 12.4 Å². The van der Waals surface area contributed by atoms with Gasteiger partial charge in [0.15, 0.2) is 0 Å². The van der Waals surface area contributed by atoms with E-state index in [1.54, 1.807) is 6.20 Å². The van der Waals surface area contributed by atoms with Crippen LogP contribution in [0.5, 0.6) is 0 Å². The Morgan fingerprint density at radius 3 is 2.54 bits per heavy atom. The summed E-state index contributed by atoms with van der Waals surface area (Å²) < 4.78 is 0. The summed E-state index contributed by atoms with van der Waals surface area (Å²) in [5, 5.41) is 0.754. The summed E-state index contributed by atoms with van der Waals surface area (Å²) in [5.41, 5.74) is 1.70. The van der Waals surface area contributed by atoms with Crippen LogP contribution >= 0.6 is 11.6 Å². The first kappa shape index (κ1) is 9.01. The highest BCUT2D eigenvalue weighted by Crippen LogP contribution is 2.53. The van der Waals surface area contributed by atoms with Crippen LogP contribution in [0.15, 0.2) is 18.5 Å². The lowest BCUT2D eigenvalue weighted by Crippen LogP contribution is -2.14. The number of halogens is 1. The number of hydrogen-bond acceptors (Lipinski definition) is 1. The van der Waals surface area contributed by atoms with Crippen molar-refractivity contribution in [3.63, 3.8) is 0 Å². The first-order valence-corrected chi connectivity index (χ1v) is 5.14. The number of nitrogens with zero attached hydrogens (tertiary/aromatic N) is 1. The van der Waals surface area contributed by atoms with Crippen LogP contribution in [-0.4, -0.2) is 4.98 Å². The van der Waals surface area contributed by atoms with Gasteiger partial charge in [-0.25, -0.2) is 0 Å². The standard InChI is InChI=1S/C11H14ClN/c1-8(2)11(3-4-11)9-5-10(12)7-13-6-9/h5-8H,3-4H2,1-2H3. The van der Waals surface area contributed by atoms with Gasteiger partial charge in [-0.2, -0.15) is 0 Å². The second-order valence-electron chi connectivity index (χ2n) is 4.20. The molecule has 1 nitrogen and oxygen atoms in total. The molecule has 0 bridgehead atoms. The van der Waals surface area contributed by atoms with Crippen molar-refractivity contribution >= 4 is 11.6 Å². The second kappa shape index (κ2) is 2.98. The molecule has 1 heterocycles. The summed E-state index contributed by atoms with van der Waals surface area (Å²) in [7, 11) is 0. The van der Waals surface area contributed by atoms with Gasteiger partial charge in [0.1, 0.15) is 0 Å². The van der Waals surface area contributed by atoms with Gasteiger partial charge in [0.25, 0.3) is 0 Å². The molecule has 0 atom stereocenters. The third kappa shape index (κ3) is 1.46. The van der Waals surface area contributed by atoms with Gasteiger partial charge in [0.05, 0.1) is 5.02 Å². The molecule has 0 amide bonds. The van der Waals surface area contributed by atoms with Gasteiger partial charge in [0.2, 0.25) is 0 Å². The van der Waals surface area contributed by atoms with Gasteiger partial charge in [-0.1, -0.05) is 25.4 Å². The molecule has 0 spiro atoms. The van der Waals surface area contributed by atoms with E-state index in [4.69, 9.17) is 11.6 Å². The molecule has 1 aliphatic carbocycles. The van der Waals surface area contributed by atoms with Crippen LogP contribution in [0, 0.1) is 5.92 Å². The molecular formula is C11H14ClN. The molecule has 1 aromatic heterocycles. The number of pyridine rings is 1. The fourth-order valence-electron chi connectivity index (χ4n) is 2.02. The van der Waals surface area contributed by atoms with E-state index in [0.717, 1.165) is 5.02 Å². The molecule has 2 rings (SSSR count). The summed E-state index contributed by atoms with van der Waals surface area (Å²) in [6, 6.07) is 2.06. The fraction of sp³-hybridized carbons (Fsp3) is 0.545. The minimum Gasteiger partial charge on any atom is -0.263 e. The van der Waals surface area contributed by atoms with E-state index in [-0.39, 0.29) is 0 Å². The van der Waals surface area contributed by atoms with E-state index >= 15 is 0 Å². The third-order valence-corrected chi connectivity index (χ3v) is 3.38. The maximum absolute atomic E-state index is 5.92. The van der Waals surface area contributed by atoms with Crippen LogP contribution in [-0.2, 0) is 5.41 Å². The summed E-state index contributed by atoms with van der Waals surface area (Å²) in [6.45, 7) is 4.54. The molecule has 1 saturated carbocycles. The quantitative estimate of drug-likeness (QED) is 0.705. The highest BCUT2D eigenvalue weighted by atomic mass is 35.5. The average molecular weight is 196 g/mol. The smallest absolute Gasteiger partial charge is 0.0592 e. The normalized spacial score (nSPS) is 19.1. The molecule has 1 fully saturated rings. The Labute approximate surface area is 84.1 Å². The number of aromatic nitrogens is 1. The Balaban J connectivity index is 2.35. The molecule has 0 radical (unpaired) electrons. The van der Waals surface area contributed by atoms with Gasteiger partial charge in [-0.05, 0) is 35.8 Å². The van der Waals surface area contributed by atoms with E-state index < -0.39 is 0 Å². The van der Waals surface area contributed by atoms with Crippen molar-refractivity contribution in [3.05, 3.63) is 29.0 Å². The van der Waals surface area contributed by atoms with Crippen molar-refractivity contribution in [1.29, 1.82) is 0 Å². The zero-order valence-corrected chi connectivity index (χ0v) is 8.80. The molecule has 13 heavy (non-hydrogen) atoms. The lowest BCUT2D eigenvalue weighted by atomic mass is 9.86. The molecular weight excluding hydrogens is 182 g/mol. The molecule has 0 aromatic carbocycles. The van der Waals surface area contributed by atoms with Gasteiger partial charge >= 0.3 is 0 Å². The monoisotopic (exact) mass is 195 g/mol. The van der Waals surface area contributed by atoms with Crippen LogP contribution in [0.25, 0.3) is 0 Å². The first-order valence-electron chi connectivity index (χ1n) is 4.76. The third-order valence-electron chi connectivity index (χ3n) is 3.17. The average Bonchev–Trinajstić information content (AvgIpc) is 2.83. The molecule has 0 aliphatic heterocycles. The summed E-state index contributed by atoms with van der Waals surface area (Å²) in [6.07, 6.45) is 6.22. The maximum atomic E-state index is 5.92. The van der Waals surface area contributed by atoms with Gasteiger partial charge < -0.3 is 0 Å². The Morgan fingerprint density at radius 2 is 2.08 bits per heavy atom. The molecule has 70 valence electrons. The Morgan fingerprint density at radius 1 is 1.38 bits per heavy atom. The Kier molecular flexibility index (Phi) is 2.07. The Bertz CT molecular complexity index is 316. The summed E-state index contributed by atoms with van der Waals surface area (Å²) in [4.78, 5) is 4.14. The van der Waals surface area contributed by atoms with Crippen LogP contribution in [0.1, 0.15) is 32.3 Å². The molecule has 2 heteroatoms. The summed E-state index contributed by atoms with van der Waals surface area (Å²) >= 11 is 5.92. The van der Waals surface area contributed by atoms with Crippen molar-refractivity contribution in [3.8, 4) is 0 Å². The number of hydrogen-bond donors (Lipinski definition) is 0. The van der Waals surface area contributed by atoms with Crippen LogP contribution in [0.2, 0.25) is 5.02 Å². The highest BCUT2D eigenvalue weighted by Gasteiger charge is 2.46. The van der Waals surface area contributed by atoms with Gasteiger partial charge in [-0.3, -0.25) is 4.98 Å². The minimum absolute atomic E-state index is 0.387. The van der Waals surface area contributed by atoms with Crippen molar-refractivity contribution in [2.75, 3.05) is 0 Å². The molecule has 1 aliphatic rings. The van der Waals surface area contributed by atoms with Crippen molar-refractivity contribution in [2.45, 2.75) is 32.1 Å². The van der Waals surface area contributed by atoms with E-state index in [0.29, 0.717) is 11.3 Å². The van der Waals surface area contributed by atoms with Crippen molar-refractivity contribution in [1.82, 2.24) is 4.98 Å². The summed E-state index contributed by atoms with van der Waals surface area (Å²) in [5.74, 6) is 0.688. The largest absolute Gasteiger partial charge is 0.263 e. The molecule has 1 aromatic rings. The first-order chi connectivity index (χ1) is 6.15. The van der Waals surface area contributed by atoms with Gasteiger partial charge in [-0.15, -0.1) is 0 Å². The van der Waals surface area contributed by atoms with E-state index in [2.05, 4.69) is 24.9 Å². The van der Waals surface area contributed by atoms with Crippen molar-refractivity contribution in [2.24, 2.45) is 5.92 Å². The topological polar surface area (TPSA) is 12.9 Å². The predicted octanol–water partition coefficient (Wildman–Crippen LogP) is 3.42.